The molecule has 1 heterocycles. The number of anilines is 1. The molecule has 2 aromatic rings. The highest BCUT2D eigenvalue weighted by atomic mass is 16.5. The Hall–Kier alpha value is -2.07. The zero-order valence-corrected chi connectivity index (χ0v) is 12.6. The fourth-order valence-electron chi connectivity index (χ4n) is 2.09. The van der Waals surface area contributed by atoms with Gasteiger partial charge in [-0.25, -0.2) is 4.98 Å². The van der Waals surface area contributed by atoms with E-state index in [1.165, 1.54) is 5.56 Å². The molecule has 0 aliphatic rings. The molecule has 4 heteroatoms. The Kier molecular flexibility index (Phi) is 6.03. The SMILES string of the molecule is CCC(Nc1ccc(OCCOC)nc1)c1ccccc1. The van der Waals surface area contributed by atoms with Crippen molar-refractivity contribution in [3.8, 4) is 5.88 Å². The van der Waals surface area contributed by atoms with E-state index in [2.05, 4.69) is 41.5 Å². The molecule has 0 amide bonds. The number of hydrogen-bond donors (Lipinski definition) is 1. The quantitative estimate of drug-likeness (QED) is 0.752. The van der Waals surface area contributed by atoms with Crippen LogP contribution >= 0.6 is 0 Å². The lowest BCUT2D eigenvalue weighted by Gasteiger charge is -2.18. The van der Waals surface area contributed by atoms with Crippen molar-refractivity contribution in [3.63, 3.8) is 0 Å². The molecule has 1 N–H and O–H groups in total. The van der Waals surface area contributed by atoms with Gasteiger partial charge in [-0.2, -0.15) is 0 Å². The topological polar surface area (TPSA) is 43.4 Å². The monoisotopic (exact) mass is 286 g/mol. The Morgan fingerprint density at radius 3 is 2.52 bits per heavy atom. The standard InChI is InChI=1S/C17H22N2O2/c1-3-16(14-7-5-4-6-8-14)19-15-9-10-17(18-13-15)21-12-11-20-2/h4-10,13,16,19H,3,11-12H2,1-2H3. The molecular formula is C17H22N2O2. The van der Waals surface area contributed by atoms with Crippen LogP contribution in [0.3, 0.4) is 0 Å². The van der Waals surface area contributed by atoms with Crippen LogP contribution in [0.15, 0.2) is 48.7 Å². The van der Waals surface area contributed by atoms with E-state index < -0.39 is 0 Å². The maximum absolute atomic E-state index is 5.45. The van der Waals surface area contributed by atoms with E-state index in [9.17, 15) is 0 Å². The van der Waals surface area contributed by atoms with E-state index in [1.54, 1.807) is 13.3 Å². The maximum Gasteiger partial charge on any atom is 0.213 e. The van der Waals surface area contributed by atoms with Gasteiger partial charge in [0.25, 0.3) is 0 Å². The first-order valence-electron chi connectivity index (χ1n) is 7.22. The van der Waals surface area contributed by atoms with Crippen molar-refractivity contribution in [1.29, 1.82) is 0 Å². The minimum Gasteiger partial charge on any atom is -0.475 e. The Balaban J connectivity index is 1.95. The summed E-state index contributed by atoms with van der Waals surface area (Å²) in [4.78, 5) is 4.29. The van der Waals surface area contributed by atoms with Crippen molar-refractivity contribution in [2.45, 2.75) is 19.4 Å². The second kappa shape index (κ2) is 8.27. The Labute approximate surface area is 126 Å². The molecule has 0 fully saturated rings. The number of benzene rings is 1. The van der Waals surface area contributed by atoms with Crippen LogP contribution in [-0.2, 0) is 4.74 Å². The van der Waals surface area contributed by atoms with Crippen molar-refractivity contribution in [2.24, 2.45) is 0 Å². The molecule has 0 aliphatic heterocycles. The van der Waals surface area contributed by atoms with Gasteiger partial charge in [-0.15, -0.1) is 0 Å². The number of aromatic nitrogens is 1. The molecule has 1 unspecified atom stereocenters. The molecule has 21 heavy (non-hydrogen) atoms. The summed E-state index contributed by atoms with van der Waals surface area (Å²) in [5.74, 6) is 0.616. The predicted octanol–water partition coefficient (Wildman–Crippen LogP) is 3.67. The molecule has 112 valence electrons. The van der Waals surface area contributed by atoms with E-state index >= 15 is 0 Å². The largest absolute Gasteiger partial charge is 0.475 e. The summed E-state index contributed by atoms with van der Waals surface area (Å²) in [5, 5.41) is 3.50. The predicted molar refractivity (Wildman–Crippen MR) is 84.7 cm³/mol. The van der Waals surface area contributed by atoms with Crippen molar-refractivity contribution in [1.82, 2.24) is 4.98 Å². The normalized spacial score (nSPS) is 11.9. The third-order valence-corrected chi connectivity index (χ3v) is 3.22. The first kappa shape index (κ1) is 15.3. The summed E-state index contributed by atoms with van der Waals surface area (Å²) in [7, 11) is 1.65. The van der Waals surface area contributed by atoms with Gasteiger partial charge in [0, 0.05) is 13.2 Å². The van der Waals surface area contributed by atoms with Gasteiger partial charge in [0.05, 0.1) is 24.5 Å². The smallest absolute Gasteiger partial charge is 0.213 e. The summed E-state index contributed by atoms with van der Waals surface area (Å²) in [6.45, 7) is 3.24. The van der Waals surface area contributed by atoms with Gasteiger partial charge in [-0.3, -0.25) is 0 Å². The first-order valence-corrected chi connectivity index (χ1v) is 7.22. The molecule has 2 rings (SSSR count). The Morgan fingerprint density at radius 1 is 1.10 bits per heavy atom. The number of methoxy groups -OCH3 is 1. The van der Waals surface area contributed by atoms with E-state index in [1.807, 2.05) is 18.2 Å². The second-order valence-corrected chi connectivity index (χ2v) is 4.74. The summed E-state index contributed by atoms with van der Waals surface area (Å²) in [6, 6.07) is 14.6. The summed E-state index contributed by atoms with van der Waals surface area (Å²) >= 11 is 0. The summed E-state index contributed by atoms with van der Waals surface area (Å²) in [5.41, 5.74) is 2.27. The van der Waals surface area contributed by atoms with E-state index in [0.717, 1.165) is 12.1 Å². The lowest BCUT2D eigenvalue weighted by molar-refractivity contribution is 0.144. The molecule has 0 saturated heterocycles. The van der Waals surface area contributed by atoms with Crippen molar-refractivity contribution in [3.05, 3.63) is 54.2 Å². The molecule has 0 bridgehead atoms. The minimum atomic E-state index is 0.285. The first-order chi connectivity index (χ1) is 10.3. The average Bonchev–Trinajstić information content (AvgIpc) is 2.55. The molecule has 1 atom stereocenters. The zero-order chi connectivity index (χ0) is 14.9. The third kappa shape index (κ3) is 4.76. The molecular weight excluding hydrogens is 264 g/mol. The summed E-state index contributed by atoms with van der Waals surface area (Å²) < 4.78 is 10.4. The fraction of sp³-hybridized carbons (Fsp3) is 0.353. The molecule has 0 saturated carbocycles. The van der Waals surface area contributed by atoms with Gasteiger partial charge < -0.3 is 14.8 Å². The van der Waals surface area contributed by atoms with Gasteiger partial charge in [0.2, 0.25) is 5.88 Å². The van der Waals surface area contributed by atoms with Crippen LogP contribution < -0.4 is 10.1 Å². The molecule has 0 spiro atoms. The number of ether oxygens (including phenoxy) is 2. The Bertz CT molecular complexity index is 514. The van der Waals surface area contributed by atoms with Crippen LogP contribution in [0.5, 0.6) is 5.88 Å². The van der Waals surface area contributed by atoms with Gasteiger partial charge in [0.1, 0.15) is 6.61 Å². The van der Waals surface area contributed by atoms with Gasteiger partial charge >= 0.3 is 0 Å². The van der Waals surface area contributed by atoms with Gasteiger partial charge in [0.15, 0.2) is 0 Å². The van der Waals surface area contributed by atoms with Gasteiger partial charge in [-0.1, -0.05) is 37.3 Å². The highest BCUT2D eigenvalue weighted by Gasteiger charge is 2.08. The highest BCUT2D eigenvalue weighted by molar-refractivity contribution is 5.44. The molecule has 1 aromatic carbocycles. The minimum absolute atomic E-state index is 0.285. The lowest BCUT2D eigenvalue weighted by Crippen LogP contribution is -2.10. The molecule has 4 nitrogen and oxygen atoms in total. The summed E-state index contributed by atoms with van der Waals surface area (Å²) in [6.07, 6.45) is 2.81. The van der Waals surface area contributed by atoms with E-state index in [-0.39, 0.29) is 6.04 Å². The van der Waals surface area contributed by atoms with Crippen LogP contribution in [-0.4, -0.2) is 25.3 Å². The second-order valence-electron chi connectivity index (χ2n) is 4.74. The van der Waals surface area contributed by atoms with Crippen LogP contribution in [0.1, 0.15) is 24.9 Å². The maximum atomic E-state index is 5.45. The number of pyridine rings is 1. The van der Waals surface area contributed by atoms with E-state index in [4.69, 9.17) is 9.47 Å². The number of nitrogens with one attached hydrogen (secondary N) is 1. The number of nitrogens with zero attached hydrogens (tertiary/aromatic N) is 1. The van der Waals surface area contributed by atoms with Crippen LogP contribution in [0.2, 0.25) is 0 Å². The van der Waals surface area contributed by atoms with Crippen LogP contribution in [0.25, 0.3) is 0 Å². The van der Waals surface area contributed by atoms with E-state index in [0.29, 0.717) is 19.1 Å². The van der Waals surface area contributed by atoms with Crippen molar-refractivity contribution in [2.75, 3.05) is 25.6 Å². The number of hydrogen-bond acceptors (Lipinski definition) is 4. The Morgan fingerprint density at radius 2 is 1.90 bits per heavy atom. The lowest BCUT2D eigenvalue weighted by atomic mass is 10.0. The highest BCUT2D eigenvalue weighted by Crippen LogP contribution is 2.22. The van der Waals surface area contributed by atoms with Crippen LogP contribution in [0.4, 0.5) is 5.69 Å². The fourth-order valence-corrected chi connectivity index (χ4v) is 2.09. The number of rotatable bonds is 8. The average molecular weight is 286 g/mol. The molecule has 1 aromatic heterocycles. The molecule has 0 aliphatic carbocycles. The van der Waals surface area contributed by atoms with Gasteiger partial charge in [-0.05, 0) is 18.1 Å². The zero-order valence-electron chi connectivity index (χ0n) is 12.6. The van der Waals surface area contributed by atoms with Crippen molar-refractivity contribution < 1.29 is 9.47 Å². The third-order valence-electron chi connectivity index (χ3n) is 3.22. The molecule has 0 radical (unpaired) electrons. The van der Waals surface area contributed by atoms with Crippen LogP contribution in [0, 0.1) is 0 Å². The van der Waals surface area contributed by atoms with Crippen molar-refractivity contribution >= 4 is 5.69 Å².